The summed E-state index contributed by atoms with van der Waals surface area (Å²) in [4.78, 5) is 0. The minimum absolute atomic E-state index is 0.260. The molecule has 0 heterocycles. The van der Waals surface area contributed by atoms with Crippen molar-refractivity contribution in [1.82, 2.24) is 5.32 Å². The molecule has 3 rings (SSSR count). The van der Waals surface area contributed by atoms with Crippen LogP contribution in [0.5, 0.6) is 11.5 Å². The van der Waals surface area contributed by atoms with Crippen LogP contribution in [0.15, 0.2) is 42.5 Å². The second-order valence-corrected chi connectivity index (χ2v) is 5.32. The van der Waals surface area contributed by atoms with Gasteiger partial charge in [-0.2, -0.15) is 0 Å². The van der Waals surface area contributed by atoms with Gasteiger partial charge in [-0.15, -0.1) is 0 Å². The van der Waals surface area contributed by atoms with Crippen LogP contribution < -0.4 is 10.1 Å². The fourth-order valence-corrected chi connectivity index (χ4v) is 2.13. The van der Waals surface area contributed by atoms with E-state index in [2.05, 4.69) is 5.32 Å². The quantitative estimate of drug-likeness (QED) is 0.881. The number of rotatable bonds is 5. The van der Waals surface area contributed by atoms with E-state index in [0.717, 1.165) is 16.9 Å². The molecule has 1 N–H and O–H groups in total. The summed E-state index contributed by atoms with van der Waals surface area (Å²) in [6.07, 6.45) is 2.45. The largest absolute Gasteiger partial charge is 0.457 e. The molecule has 1 saturated carbocycles. The third-order valence-electron chi connectivity index (χ3n) is 3.42. The number of ether oxygens (including phenoxy) is 1. The maximum atomic E-state index is 13.7. The van der Waals surface area contributed by atoms with E-state index in [-0.39, 0.29) is 5.82 Å². The Morgan fingerprint density at radius 3 is 2.75 bits per heavy atom. The summed E-state index contributed by atoms with van der Waals surface area (Å²) in [5.74, 6) is 1.05. The van der Waals surface area contributed by atoms with E-state index in [1.807, 2.05) is 37.3 Å². The molecule has 0 unspecified atom stereocenters. The van der Waals surface area contributed by atoms with E-state index in [4.69, 9.17) is 4.74 Å². The van der Waals surface area contributed by atoms with Crippen LogP contribution in [0.1, 0.15) is 24.0 Å². The Morgan fingerprint density at radius 2 is 2.00 bits per heavy atom. The molecule has 0 amide bonds. The molecule has 0 bridgehead atoms. The van der Waals surface area contributed by atoms with Crippen molar-refractivity contribution in [2.24, 2.45) is 0 Å². The van der Waals surface area contributed by atoms with Crippen molar-refractivity contribution in [3.63, 3.8) is 0 Å². The minimum Gasteiger partial charge on any atom is -0.457 e. The molecule has 104 valence electrons. The van der Waals surface area contributed by atoms with Gasteiger partial charge in [-0.05, 0) is 49.1 Å². The first-order chi connectivity index (χ1) is 9.70. The van der Waals surface area contributed by atoms with Crippen molar-refractivity contribution >= 4 is 0 Å². The number of para-hydroxylation sites is 1. The van der Waals surface area contributed by atoms with Crippen molar-refractivity contribution < 1.29 is 9.13 Å². The fourth-order valence-electron chi connectivity index (χ4n) is 2.13. The van der Waals surface area contributed by atoms with E-state index in [1.165, 1.54) is 18.9 Å². The van der Waals surface area contributed by atoms with Gasteiger partial charge in [-0.3, -0.25) is 0 Å². The van der Waals surface area contributed by atoms with Crippen LogP contribution in [0.25, 0.3) is 0 Å². The second-order valence-electron chi connectivity index (χ2n) is 5.32. The van der Waals surface area contributed by atoms with Crippen LogP contribution >= 0.6 is 0 Å². The third kappa shape index (κ3) is 3.36. The fraction of sp³-hybridized carbons (Fsp3) is 0.294. The summed E-state index contributed by atoms with van der Waals surface area (Å²) < 4.78 is 19.4. The molecule has 0 aromatic heterocycles. The van der Waals surface area contributed by atoms with Crippen LogP contribution in [0.4, 0.5) is 4.39 Å². The highest BCUT2D eigenvalue weighted by Crippen LogP contribution is 2.27. The molecule has 1 aliphatic rings. The van der Waals surface area contributed by atoms with Gasteiger partial charge in [0, 0.05) is 18.7 Å². The zero-order valence-electron chi connectivity index (χ0n) is 11.5. The highest BCUT2D eigenvalue weighted by atomic mass is 19.1. The number of benzene rings is 2. The Kier molecular flexibility index (Phi) is 3.70. The maximum Gasteiger partial charge on any atom is 0.130 e. The van der Waals surface area contributed by atoms with E-state index in [1.54, 1.807) is 6.07 Å². The molecule has 1 aliphatic carbocycles. The van der Waals surface area contributed by atoms with Crippen molar-refractivity contribution in [2.45, 2.75) is 32.4 Å². The van der Waals surface area contributed by atoms with Crippen molar-refractivity contribution in [2.75, 3.05) is 0 Å². The molecule has 3 heteroatoms. The first-order valence-corrected chi connectivity index (χ1v) is 6.97. The zero-order valence-corrected chi connectivity index (χ0v) is 11.5. The number of aryl methyl sites for hydroxylation is 1. The summed E-state index contributed by atoms with van der Waals surface area (Å²) in [6, 6.07) is 13.2. The number of halogens is 1. The van der Waals surface area contributed by atoms with E-state index >= 15 is 0 Å². The maximum absolute atomic E-state index is 13.7. The normalized spacial score (nSPS) is 14.3. The molecule has 0 radical (unpaired) electrons. The molecule has 0 saturated heterocycles. The third-order valence-corrected chi connectivity index (χ3v) is 3.42. The molecule has 1 fully saturated rings. The highest BCUT2D eigenvalue weighted by molar-refractivity contribution is 5.38. The van der Waals surface area contributed by atoms with Crippen LogP contribution in [0.3, 0.4) is 0 Å². The van der Waals surface area contributed by atoms with E-state index in [0.29, 0.717) is 18.3 Å². The Hall–Kier alpha value is -1.87. The summed E-state index contributed by atoms with van der Waals surface area (Å²) in [6.45, 7) is 2.66. The highest BCUT2D eigenvalue weighted by Gasteiger charge is 2.20. The van der Waals surface area contributed by atoms with Gasteiger partial charge in [0.1, 0.15) is 17.3 Å². The number of hydrogen-bond acceptors (Lipinski definition) is 2. The average molecular weight is 271 g/mol. The van der Waals surface area contributed by atoms with Crippen LogP contribution in [-0.4, -0.2) is 6.04 Å². The van der Waals surface area contributed by atoms with Crippen molar-refractivity contribution in [1.29, 1.82) is 0 Å². The lowest BCUT2D eigenvalue weighted by Crippen LogP contribution is -2.15. The van der Waals surface area contributed by atoms with Gasteiger partial charge < -0.3 is 10.1 Å². The summed E-state index contributed by atoms with van der Waals surface area (Å²) >= 11 is 0. The van der Waals surface area contributed by atoms with Gasteiger partial charge in [0.25, 0.3) is 0 Å². The number of hydrogen-bond donors (Lipinski definition) is 1. The van der Waals surface area contributed by atoms with Gasteiger partial charge in [0.2, 0.25) is 0 Å². The van der Waals surface area contributed by atoms with Gasteiger partial charge in [0.05, 0.1) is 0 Å². The monoisotopic (exact) mass is 271 g/mol. The predicted molar refractivity (Wildman–Crippen MR) is 77.5 cm³/mol. The second kappa shape index (κ2) is 5.63. The standard InChI is InChI=1S/C17H18FNO/c1-12-4-2-3-5-17(12)20-16-9-13(8-14(18)10-16)11-19-15-6-7-15/h2-5,8-10,15,19H,6-7,11H2,1H3. The molecular weight excluding hydrogens is 253 g/mol. The van der Waals surface area contributed by atoms with Gasteiger partial charge in [-0.1, -0.05) is 18.2 Å². The topological polar surface area (TPSA) is 21.3 Å². The van der Waals surface area contributed by atoms with Crippen LogP contribution in [-0.2, 0) is 6.54 Å². The number of nitrogens with one attached hydrogen (secondary N) is 1. The van der Waals surface area contributed by atoms with E-state index in [9.17, 15) is 4.39 Å². The Bertz CT molecular complexity index is 608. The van der Waals surface area contributed by atoms with E-state index < -0.39 is 0 Å². The predicted octanol–water partition coefficient (Wildman–Crippen LogP) is 4.18. The Balaban J connectivity index is 1.76. The van der Waals surface area contributed by atoms with Crippen LogP contribution in [0.2, 0.25) is 0 Å². The molecule has 20 heavy (non-hydrogen) atoms. The van der Waals surface area contributed by atoms with Crippen molar-refractivity contribution in [3.05, 3.63) is 59.4 Å². The Morgan fingerprint density at radius 1 is 1.20 bits per heavy atom. The molecule has 0 aliphatic heterocycles. The van der Waals surface area contributed by atoms with Gasteiger partial charge in [0.15, 0.2) is 0 Å². The lowest BCUT2D eigenvalue weighted by atomic mass is 10.2. The summed E-state index contributed by atoms with van der Waals surface area (Å²) in [5, 5.41) is 3.38. The summed E-state index contributed by atoms with van der Waals surface area (Å²) in [5.41, 5.74) is 1.95. The van der Waals surface area contributed by atoms with Gasteiger partial charge >= 0.3 is 0 Å². The molecule has 2 aromatic carbocycles. The lowest BCUT2D eigenvalue weighted by molar-refractivity contribution is 0.471. The summed E-state index contributed by atoms with van der Waals surface area (Å²) in [7, 11) is 0. The molecule has 2 nitrogen and oxygen atoms in total. The van der Waals surface area contributed by atoms with Gasteiger partial charge in [-0.25, -0.2) is 4.39 Å². The first kappa shape index (κ1) is 13.1. The molecule has 2 aromatic rings. The molecular formula is C17H18FNO. The lowest BCUT2D eigenvalue weighted by Gasteiger charge is -2.10. The Labute approximate surface area is 118 Å². The molecule has 0 spiro atoms. The average Bonchev–Trinajstić information content (AvgIpc) is 3.23. The minimum atomic E-state index is -0.260. The molecule has 0 atom stereocenters. The SMILES string of the molecule is Cc1ccccc1Oc1cc(F)cc(CNC2CC2)c1. The van der Waals surface area contributed by atoms with Crippen LogP contribution in [0, 0.1) is 12.7 Å². The smallest absolute Gasteiger partial charge is 0.130 e. The van der Waals surface area contributed by atoms with Crippen molar-refractivity contribution in [3.8, 4) is 11.5 Å². The first-order valence-electron chi connectivity index (χ1n) is 6.97. The zero-order chi connectivity index (χ0) is 13.9.